The van der Waals surface area contributed by atoms with Gasteiger partial charge in [-0.05, 0) is 66.8 Å². The van der Waals surface area contributed by atoms with Gasteiger partial charge in [-0.25, -0.2) is 0 Å². The van der Waals surface area contributed by atoms with Gasteiger partial charge in [0.25, 0.3) is 0 Å². The van der Waals surface area contributed by atoms with Gasteiger partial charge in [-0.1, -0.05) is 42.4 Å². The molecule has 3 heteroatoms. The number of benzene rings is 2. The minimum Gasteiger partial charge on any atom is -0.313 e. The molecular formula is C18H20ClNS. The first-order chi connectivity index (χ1) is 10.3. The summed E-state index contributed by atoms with van der Waals surface area (Å²) in [4.78, 5) is 2.52. The zero-order valence-corrected chi connectivity index (χ0v) is 13.9. The summed E-state index contributed by atoms with van der Waals surface area (Å²) in [7, 11) is 0. The van der Waals surface area contributed by atoms with Crippen molar-refractivity contribution in [3.05, 3.63) is 58.1 Å². The van der Waals surface area contributed by atoms with Crippen LogP contribution in [0.5, 0.6) is 0 Å². The van der Waals surface area contributed by atoms with E-state index in [0.717, 1.165) is 23.7 Å². The molecule has 110 valence electrons. The molecule has 3 rings (SSSR count). The quantitative estimate of drug-likeness (QED) is 0.824. The van der Waals surface area contributed by atoms with Gasteiger partial charge in [-0.3, -0.25) is 0 Å². The Morgan fingerprint density at radius 3 is 2.62 bits per heavy atom. The number of hydrogen-bond acceptors (Lipinski definition) is 2. The van der Waals surface area contributed by atoms with E-state index < -0.39 is 0 Å². The average molecular weight is 318 g/mol. The topological polar surface area (TPSA) is 12.0 Å². The first-order valence-corrected chi connectivity index (χ1v) is 8.74. The minimum absolute atomic E-state index is 0.832. The van der Waals surface area contributed by atoms with Crippen molar-refractivity contribution in [1.29, 1.82) is 0 Å². The fraction of sp³-hybridized carbons (Fsp3) is 0.333. The SMILES string of the molecule is CCNCc1ccc(Sc2ccc3c(c2)CCC3)cc1Cl. The number of nitrogens with one attached hydrogen (secondary N) is 1. The molecule has 0 unspecified atom stereocenters. The van der Waals surface area contributed by atoms with Crippen molar-refractivity contribution >= 4 is 23.4 Å². The highest BCUT2D eigenvalue weighted by atomic mass is 35.5. The van der Waals surface area contributed by atoms with E-state index in [-0.39, 0.29) is 0 Å². The zero-order valence-electron chi connectivity index (χ0n) is 12.3. The van der Waals surface area contributed by atoms with Crippen LogP contribution in [0, 0.1) is 0 Å². The Morgan fingerprint density at radius 2 is 1.81 bits per heavy atom. The monoisotopic (exact) mass is 317 g/mol. The van der Waals surface area contributed by atoms with Crippen molar-refractivity contribution in [1.82, 2.24) is 5.32 Å². The summed E-state index contributed by atoms with van der Waals surface area (Å²) >= 11 is 8.17. The van der Waals surface area contributed by atoms with E-state index in [9.17, 15) is 0 Å². The van der Waals surface area contributed by atoms with Crippen molar-refractivity contribution in [2.24, 2.45) is 0 Å². The summed E-state index contributed by atoms with van der Waals surface area (Å²) in [5.41, 5.74) is 4.21. The highest BCUT2D eigenvalue weighted by molar-refractivity contribution is 7.99. The lowest BCUT2D eigenvalue weighted by Crippen LogP contribution is -2.11. The normalized spacial score (nSPS) is 13.4. The number of hydrogen-bond donors (Lipinski definition) is 1. The van der Waals surface area contributed by atoms with Gasteiger partial charge in [0.1, 0.15) is 0 Å². The Kier molecular flexibility index (Phi) is 4.89. The summed E-state index contributed by atoms with van der Waals surface area (Å²) < 4.78 is 0. The van der Waals surface area contributed by atoms with Crippen LogP contribution in [0.1, 0.15) is 30.0 Å². The Hall–Kier alpha value is -0.960. The molecule has 1 N–H and O–H groups in total. The van der Waals surface area contributed by atoms with Crippen LogP contribution in [-0.2, 0) is 19.4 Å². The van der Waals surface area contributed by atoms with Gasteiger partial charge in [-0.2, -0.15) is 0 Å². The summed E-state index contributed by atoms with van der Waals surface area (Å²) in [5, 5.41) is 4.16. The van der Waals surface area contributed by atoms with Crippen LogP contribution in [0.2, 0.25) is 5.02 Å². The number of aryl methyl sites for hydroxylation is 2. The molecule has 2 aromatic carbocycles. The molecule has 1 nitrogen and oxygen atoms in total. The van der Waals surface area contributed by atoms with Crippen LogP contribution in [0.25, 0.3) is 0 Å². The van der Waals surface area contributed by atoms with Gasteiger partial charge in [-0.15, -0.1) is 0 Å². The second-order valence-electron chi connectivity index (χ2n) is 5.42. The van der Waals surface area contributed by atoms with Crippen LogP contribution < -0.4 is 5.32 Å². The lowest BCUT2D eigenvalue weighted by atomic mass is 10.1. The fourth-order valence-corrected chi connectivity index (χ4v) is 3.98. The van der Waals surface area contributed by atoms with E-state index in [1.807, 2.05) is 0 Å². The molecule has 21 heavy (non-hydrogen) atoms. The summed E-state index contributed by atoms with van der Waals surface area (Å²) in [6.45, 7) is 3.90. The van der Waals surface area contributed by atoms with E-state index in [1.165, 1.54) is 40.2 Å². The van der Waals surface area contributed by atoms with E-state index in [1.54, 1.807) is 11.8 Å². The third-order valence-corrected chi connectivity index (χ3v) is 5.23. The zero-order chi connectivity index (χ0) is 14.7. The maximum absolute atomic E-state index is 6.37. The Balaban J connectivity index is 1.74. The van der Waals surface area contributed by atoms with Crippen LogP contribution in [0.15, 0.2) is 46.2 Å². The van der Waals surface area contributed by atoms with Gasteiger partial charge >= 0.3 is 0 Å². The lowest BCUT2D eigenvalue weighted by Gasteiger charge is -2.08. The van der Waals surface area contributed by atoms with E-state index in [2.05, 4.69) is 48.6 Å². The highest BCUT2D eigenvalue weighted by Crippen LogP contribution is 2.33. The number of fused-ring (bicyclic) bond motifs is 1. The van der Waals surface area contributed by atoms with Gasteiger partial charge in [0.15, 0.2) is 0 Å². The van der Waals surface area contributed by atoms with Crippen molar-refractivity contribution < 1.29 is 0 Å². The van der Waals surface area contributed by atoms with Gasteiger partial charge in [0, 0.05) is 21.4 Å². The second kappa shape index (κ2) is 6.87. The first kappa shape index (κ1) is 15.0. The van der Waals surface area contributed by atoms with Gasteiger partial charge < -0.3 is 5.32 Å². The standard InChI is InChI=1S/C18H20ClNS/c1-2-20-12-15-7-9-17(11-18(15)19)21-16-8-6-13-4-3-5-14(13)10-16/h6-11,20H,2-5,12H2,1H3. The smallest absolute Gasteiger partial charge is 0.0462 e. The van der Waals surface area contributed by atoms with Gasteiger partial charge in [0.2, 0.25) is 0 Å². The average Bonchev–Trinajstić information content (AvgIpc) is 2.94. The molecule has 1 aliphatic carbocycles. The Labute approximate surface area is 136 Å². The van der Waals surface area contributed by atoms with E-state index in [0.29, 0.717) is 0 Å². The van der Waals surface area contributed by atoms with Crippen LogP contribution in [-0.4, -0.2) is 6.54 Å². The Morgan fingerprint density at radius 1 is 1.05 bits per heavy atom. The summed E-state index contributed by atoms with van der Waals surface area (Å²) in [6.07, 6.45) is 3.77. The molecule has 0 radical (unpaired) electrons. The van der Waals surface area contributed by atoms with E-state index >= 15 is 0 Å². The molecule has 0 bridgehead atoms. The third kappa shape index (κ3) is 3.63. The molecule has 0 saturated carbocycles. The minimum atomic E-state index is 0.832. The van der Waals surface area contributed by atoms with Crippen molar-refractivity contribution in [2.45, 2.75) is 42.5 Å². The van der Waals surface area contributed by atoms with Crippen molar-refractivity contribution in [3.63, 3.8) is 0 Å². The molecule has 0 aromatic heterocycles. The molecule has 0 spiro atoms. The molecule has 0 heterocycles. The first-order valence-electron chi connectivity index (χ1n) is 7.55. The largest absolute Gasteiger partial charge is 0.313 e. The maximum Gasteiger partial charge on any atom is 0.0462 e. The second-order valence-corrected chi connectivity index (χ2v) is 6.97. The predicted molar refractivity (Wildman–Crippen MR) is 91.4 cm³/mol. The molecule has 1 aliphatic rings. The van der Waals surface area contributed by atoms with E-state index in [4.69, 9.17) is 11.6 Å². The summed E-state index contributed by atoms with van der Waals surface area (Å²) in [6, 6.07) is 13.2. The molecular weight excluding hydrogens is 298 g/mol. The highest BCUT2D eigenvalue weighted by Gasteiger charge is 2.11. The fourth-order valence-electron chi connectivity index (χ4n) is 2.74. The molecule has 0 fully saturated rings. The third-order valence-electron chi connectivity index (χ3n) is 3.90. The predicted octanol–water partition coefficient (Wildman–Crippen LogP) is 5.09. The molecule has 0 atom stereocenters. The molecule has 0 aliphatic heterocycles. The van der Waals surface area contributed by atoms with Crippen molar-refractivity contribution in [2.75, 3.05) is 6.54 Å². The van der Waals surface area contributed by atoms with Gasteiger partial charge in [0.05, 0.1) is 0 Å². The lowest BCUT2D eigenvalue weighted by molar-refractivity contribution is 0.726. The maximum atomic E-state index is 6.37. The van der Waals surface area contributed by atoms with Crippen LogP contribution in [0.3, 0.4) is 0 Å². The van der Waals surface area contributed by atoms with Crippen LogP contribution in [0.4, 0.5) is 0 Å². The summed E-state index contributed by atoms with van der Waals surface area (Å²) in [5.74, 6) is 0. The molecule has 0 saturated heterocycles. The van der Waals surface area contributed by atoms with Crippen LogP contribution >= 0.6 is 23.4 Å². The molecule has 2 aromatic rings. The number of halogens is 1. The number of rotatable bonds is 5. The molecule has 0 amide bonds. The Bertz CT molecular complexity index is 639. The van der Waals surface area contributed by atoms with Crippen molar-refractivity contribution in [3.8, 4) is 0 Å².